The van der Waals surface area contributed by atoms with Gasteiger partial charge in [-0.25, -0.2) is 0 Å². The normalized spacial score (nSPS) is 25.4. The van der Waals surface area contributed by atoms with E-state index in [4.69, 9.17) is 21.1 Å². The Balaban J connectivity index is 1.56. The molecule has 3 rings (SSSR count). The number of halogens is 1. The summed E-state index contributed by atoms with van der Waals surface area (Å²) in [5, 5.41) is 10.1. The van der Waals surface area contributed by atoms with Crippen LogP contribution in [-0.4, -0.2) is 23.4 Å². The lowest BCUT2D eigenvalue weighted by atomic mass is 9.98. The van der Waals surface area contributed by atoms with E-state index in [1.165, 1.54) is 25.7 Å². The van der Waals surface area contributed by atoms with E-state index in [-0.39, 0.29) is 11.7 Å². The molecule has 1 aromatic rings. The van der Waals surface area contributed by atoms with Crippen LogP contribution in [0.25, 0.3) is 0 Å². The third-order valence-corrected chi connectivity index (χ3v) is 5.01. The number of ether oxygens (including phenoxy) is 2. The summed E-state index contributed by atoms with van der Waals surface area (Å²) in [7, 11) is 0. The average molecular weight is 311 g/mol. The standard InChI is InChI=1S/C17H23ClO3/c1-12(19)13-4-5-16(15(18)10-13)20-11-14-6-9-17(21-14)7-2-3-8-17/h4-5,10,12,14,19H,2-3,6-9,11H2,1H3/t12-,14?/m1/s1. The van der Waals surface area contributed by atoms with Crippen molar-refractivity contribution < 1.29 is 14.6 Å². The molecule has 2 atom stereocenters. The molecular formula is C17H23ClO3. The van der Waals surface area contributed by atoms with Gasteiger partial charge in [0.1, 0.15) is 12.4 Å². The first-order valence-corrected chi connectivity index (χ1v) is 8.24. The monoisotopic (exact) mass is 310 g/mol. The molecule has 4 heteroatoms. The summed E-state index contributed by atoms with van der Waals surface area (Å²) in [6, 6.07) is 5.43. The molecule has 1 aliphatic heterocycles. The van der Waals surface area contributed by atoms with E-state index in [0.29, 0.717) is 17.4 Å². The third-order valence-electron chi connectivity index (χ3n) is 4.72. The van der Waals surface area contributed by atoms with Gasteiger partial charge in [-0.2, -0.15) is 0 Å². The zero-order valence-electron chi connectivity index (χ0n) is 12.5. The van der Waals surface area contributed by atoms with E-state index in [1.807, 2.05) is 12.1 Å². The van der Waals surface area contributed by atoms with Crippen LogP contribution in [0.5, 0.6) is 5.75 Å². The van der Waals surface area contributed by atoms with Gasteiger partial charge >= 0.3 is 0 Å². The molecule has 0 aromatic heterocycles. The van der Waals surface area contributed by atoms with E-state index in [0.717, 1.165) is 18.4 Å². The molecule has 1 heterocycles. The first-order valence-electron chi connectivity index (χ1n) is 7.86. The topological polar surface area (TPSA) is 38.7 Å². The highest BCUT2D eigenvalue weighted by Gasteiger charge is 2.42. The molecule has 2 fully saturated rings. The molecule has 1 saturated heterocycles. The van der Waals surface area contributed by atoms with Crippen molar-refractivity contribution >= 4 is 11.6 Å². The summed E-state index contributed by atoms with van der Waals surface area (Å²) < 4.78 is 12.0. The van der Waals surface area contributed by atoms with Crippen molar-refractivity contribution in [1.29, 1.82) is 0 Å². The molecule has 2 aliphatic rings. The van der Waals surface area contributed by atoms with E-state index < -0.39 is 6.10 Å². The number of aliphatic hydroxyl groups excluding tert-OH is 1. The van der Waals surface area contributed by atoms with E-state index in [1.54, 1.807) is 13.0 Å². The average Bonchev–Trinajstić information content (AvgIpc) is 3.08. The van der Waals surface area contributed by atoms with Crippen LogP contribution < -0.4 is 4.74 Å². The lowest BCUT2D eigenvalue weighted by Crippen LogP contribution is -2.27. The quantitative estimate of drug-likeness (QED) is 0.903. The minimum absolute atomic E-state index is 0.147. The van der Waals surface area contributed by atoms with Crippen LogP contribution in [0.4, 0.5) is 0 Å². The second-order valence-corrected chi connectivity index (χ2v) is 6.75. The van der Waals surface area contributed by atoms with Crippen molar-refractivity contribution in [2.45, 2.75) is 63.3 Å². The predicted octanol–water partition coefficient (Wildman–Crippen LogP) is 4.26. The zero-order chi connectivity index (χ0) is 14.9. The lowest BCUT2D eigenvalue weighted by Gasteiger charge is -2.24. The van der Waals surface area contributed by atoms with Crippen molar-refractivity contribution in [2.75, 3.05) is 6.61 Å². The summed E-state index contributed by atoms with van der Waals surface area (Å²) in [6.07, 6.45) is 6.88. The fraction of sp³-hybridized carbons (Fsp3) is 0.647. The van der Waals surface area contributed by atoms with Crippen LogP contribution in [0.2, 0.25) is 5.02 Å². The Bertz CT molecular complexity index is 495. The highest BCUT2D eigenvalue weighted by molar-refractivity contribution is 6.32. The van der Waals surface area contributed by atoms with Gasteiger partial charge in [0.15, 0.2) is 0 Å². The van der Waals surface area contributed by atoms with E-state index in [9.17, 15) is 5.11 Å². The largest absolute Gasteiger partial charge is 0.489 e. The Morgan fingerprint density at radius 3 is 2.81 bits per heavy atom. The Kier molecular flexibility index (Phi) is 4.43. The predicted molar refractivity (Wildman–Crippen MR) is 82.9 cm³/mol. The minimum atomic E-state index is -0.517. The Labute approximate surface area is 131 Å². The van der Waals surface area contributed by atoms with Gasteiger partial charge in [-0.1, -0.05) is 30.5 Å². The van der Waals surface area contributed by atoms with E-state index >= 15 is 0 Å². The lowest BCUT2D eigenvalue weighted by molar-refractivity contribution is -0.0508. The van der Waals surface area contributed by atoms with Crippen molar-refractivity contribution in [3.05, 3.63) is 28.8 Å². The summed E-state index contributed by atoms with van der Waals surface area (Å²) in [4.78, 5) is 0. The molecule has 0 radical (unpaired) electrons. The summed E-state index contributed by atoms with van der Waals surface area (Å²) in [5.41, 5.74) is 0.947. The zero-order valence-corrected chi connectivity index (χ0v) is 13.2. The molecule has 3 nitrogen and oxygen atoms in total. The maximum atomic E-state index is 9.54. The van der Waals surface area contributed by atoms with Crippen molar-refractivity contribution in [3.63, 3.8) is 0 Å². The number of hydrogen-bond acceptors (Lipinski definition) is 3. The first kappa shape index (κ1) is 15.1. The van der Waals surface area contributed by atoms with Crippen molar-refractivity contribution in [2.24, 2.45) is 0 Å². The minimum Gasteiger partial charge on any atom is -0.489 e. The summed E-state index contributed by atoms with van der Waals surface area (Å²) >= 11 is 6.20. The van der Waals surface area contributed by atoms with Gasteiger partial charge in [-0.15, -0.1) is 0 Å². The Hall–Kier alpha value is -0.770. The summed E-state index contributed by atoms with van der Waals surface area (Å²) in [5.74, 6) is 0.664. The fourth-order valence-corrected chi connectivity index (χ4v) is 3.72. The van der Waals surface area contributed by atoms with Crippen molar-refractivity contribution in [3.8, 4) is 5.75 Å². The molecule has 1 spiro atoms. The SMILES string of the molecule is C[C@@H](O)c1ccc(OCC2CCC3(CCCC3)O2)c(Cl)c1. The number of hydrogen-bond donors (Lipinski definition) is 1. The van der Waals surface area contributed by atoms with Gasteiger partial charge in [0.2, 0.25) is 0 Å². The molecule has 1 saturated carbocycles. The van der Waals surface area contributed by atoms with Crippen LogP contribution in [-0.2, 0) is 4.74 Å². The van der Waals surface area contributed by atoms with Crippen LogP contribution in [0, 0.1) is 0 Å². The van der Waals surface area contributed by atoms with Gasteiger partial charge in [0.05, 0.1) is 22.8 Å². The van der Waals surface area contributed by atoms with Gasteiger partial charge in [0, 0.05) is 0 Å². The smallest absolute Gasteiger partial charge is 0.138 e. The highest BCUT2D eigenvalue weighted by Crippen LogP contribution is 2.43. The van der Waals surface area contributed by atoms with Gasteiger partial charge in [0.25, 0.3) is 0 Å². The maximum Gasteiger partial charge on any atom is 0.138 e. The van der Waals surface area contributed by atoms with Crippen LogP contribution >= 0.6 is 11.6 Å². The molecule has 1 aliphatic carbocycles. The fourth-order valence-electron chi connectivity index (χ4n) is 3.48. The van der Waals surface area contributed by atoms with E-state index in [2.05, 4.69) is 0 Å². The molecule has 0 amide bonds. The molecule has 1 aromatic carbocycles. The summed E-state index contributed by atoms with van der Waals surface area (Å²) in [6.45, 7) is 2.27. The van der Waals surface area contributed by atoms with Crippen molar-refractivity contribution in [1.82, 2.24) is 0 Å². The highest BCUT2D eigenvalue weighted by atomic mass is 35.5. The molecular weight excluding hydrogens is 288 g/mol. The van der Waals surface area contributed by atoms with Gasteiger partial charge < -0.3 is 14.6 Å². The Morgan fingerprint density at radius 2 is 2.14 bits per heavy atom. The molecule has 0 bridgehead atoms. The number of aliphatic hydroxyl groups is 1. The third kappa shape index (κ3) is 3.36. The number of benzene rings is 1. The Morgan fingerprint density at radius 1 is 1.38 bits per heavy atom. The molecule has 1 unspecified atom stereocenters. The molecule has 1 N–H and O–H groups in total. The number of rotatable bonds is 4. The van der Waals surface area contributed by atoms with Crippen LogP contribution in [0.15, 0.2) is 18.2 Å². The van der Waals surface area contributed by atoms with Gasteiger partial charge in [-0.3, -0.25) is 0 Å². The molecule has 21 heavy (non-hydrogen) atoms. The maximum absolute atomic E-state index is 9.54. The van der Waals surface area contributed by atoms with Crippen LogP contribution in [0.1, 0.15) is 57.1 Å². The second-order valence-electron chi connectivity index (χ2n) is 6.35. The first-order chi connectivity index (χ1) is 10.1. The van der Waals surface area contributed by atoms with Gasteiger partial charge in [-0.05, 0) is 50.3 Å². The molecule has 116 valence electrons. The second kappa shape index (κ2) is 6.15. The van der Waals surface area contributed by atoms with Crippen LogP contribution in [0.3, 0.4) is 0 Å².